The van der Waals surface area contributed by atoms with Gasteiger partial charge in [0.2, 0.25) is 5.56 Å². The molecule has 0 bridgehead atoms. The number of nitrogens with zero attached hydrogens (tertiary/aromatic N) is 2. The van der Waals surface area contributed by atoms with Crippen LogP contribution in [0.5, 0.6) is 0 Å². The SMILES string of the molecule is CCc1c(C)c2c3c(C(F)(F)F)cc(=O)[nH]c3ccc2n1CCCCCCCCCN1CCOCC1. The van der Waals surface area contributed by atoms with E-state index in [1.54, 1.807) is 6.07 Å². The molecule has 36 heavy (non-hydrogen) atoms. The monoisotopic (exact) mass is 505 g/mol. The van der Waals surface area contributed by atoms with E-state index in [1.807, 2.05) is 19.9 Å². The third-order valence-corrected chi connectivity index (χ3v) is 7.51. The van der Waals surface area contributed by atoms with E-state index in [4.69, 9.17) is 4.74 Å². The smallest absolute Gasteiger partial charge is 0.379 e. The molecule has 0 unspecified atom stereocenters. The summed E-state index contributed by atoms with van der Waals surface area (Å²) >= 11 is 0. The zero-order valence-corrected chi connectivity index (χ0v) is 21.5. The van der Waals surface area contributed by atoms with Gasteiger partial charge in [0.1, 0.15) is 0 Å². The number of aromatic amines is 1. The Morgan fingerprint density at radius 3 is 2.22 bits per heavy atom. The summed E-state index contributed by atoms with van der Waals surface area (Å²) in [4.78, 5) is 17.0. The van der Waals surface area contributed by atoms with Crippen LogP contribution in [0.3, 0.4) is 0 Å². The predicted octanol–water partition coefficient (Wildman–Crippen LogP) is 6.44. The number of rotatable bonds is 11. The van der Waals surface area contributed by atoms with Gasteiger partial charge in [0.25, 0.3) is 0 Å². The molecule has 198 valence electrons. The zero-order valence-electron chi connectivity index (χ0n) is 21.5. The van der Waals surface area contributed by atoms with Gasteiger partial charge < -0.3 is 14.3 Å². The van der Waals surface area contributed by atoms with E-state index < -0.39 is 17.3 Å². The van der Waals surface area contributed by atoms with Gasteiger partial charge in [-0.1, -0.05) is 39.0 Å². The van der Waals surface area contributed by atoms with Crippen LogP contribution in [0.15, 0.2) is 23.0 Å². The Hall–Kier alpha value is -2.32. The molecule has 0 atom stereocenters. The second-order valence-corrected chi connectivity index (χ2v) is 9.93. The summed E-state index contributed by atoms with van der Waals surface area (Å²) in [5.74, 6) is 0. The van der Waals surface area contributed by atoms with E-state index in [1.165, 1.54) is 38.6 Å². The van der Waals surface area contributed by atoms with Gasteiger partial charge in [0.15, 0.2) is 0 Å². The summed E-state index contributed by atoms with van der Waals surface area (Å²) in [6.45, 7) is 9.73. The summed E-state index contributed by atoms with van der Waals surface area (Å²) in [5, 5.41) is 0.704. The molecule has 8 heteroatoms. The Kier molecular flexibility index (Phi) is 8.78. The van der Waals surface area contributed by atoms with Crippen LogP contribution in [0.1, 0.15) is 68.7 Å². The number of benzene rings is 1. The van der Waals surface area contributed by atoms with Crippen LogP contribution in [0.2, 0.25) is 0 Å². The number of nitrogens with one attached hydrogen (secondary N) is 1. The predicted molar refractivity (Wildman–Crippen MR) is 139 cm³/mol. The molecular weight excluding hydrogens is 467 g/mol. The minimum atomic E-state index is -4.59. The van der Waals surface area contributed by atoms with E-state index >= 15 is 0 Å². The topological polar surface area (TPSA) is 50.3 Å². The normalized spacial score (nSPS) is 15.4. The fourth-order valence-electron chi connectivity index (χ4n) is 5.69. The van der Waals surface area contributed by atoms with Crippen molar-refractivity contribution < 1.29 is 17.9 Å². The highest BCUT2D eigenvalue weighted by Crippen LogP contribution is 2.39. The Morgan fingerprint density at radius 1 is 0.944 bits per heavy atom. The highest BCUT2D eigenvalue weighted by molar-refractivity contribution is 6.09. The van der Waals surface area contributed by atoms with Crippen molar-refractivity contribution in [3.63, 3.8) is 0 Å². The van der Waals surface area contributed by atoms with Gasteiger partial charge in [-0.25, -0.2) is 0 Å². The number of hydrogen-bond donors (Lipinski definition) is 1. The van der Waals surface area contributed by atoms with Crippen LogP contribution in [0, 0.1) is 6.92 Å². The molecule has 5 nitrogen and oxygen atoms in total. The number of fused-ring (bicyclic) bond motifs is 3. The number of alkyl halides is 3. The number of ether oxygens (including phenoxy) is 1. The Bertz CT molecular complexity index is 1220. The van der Waals surface area contributed by atoms with Crippen molar-refractivity contribution in [2.45, 2.75) is 77.9 Å². The number of aryl methyl sites for hydroxylation is 2. The molecule has 0 spiro atoms. The summed E-state index contributed by atoms with van der Waals surface area (Å²) in [5.41, 5.74) is 1.40. The van der Waals surface area contributed by atoms with Crippen LogP contribution in [0.25, 0.3) is 21.8 Å². The Morgan fingerprint density at radius 2 is 1.58 bits per heavy atom. The lowest BCUT2D eigenvalue weighted by atomic mass is 10.0. The van der Waals surface area contributed by atoms with Gasteiger partial charge in [0, 0.05) is 53.2 Å². The van der Waals surface area contributed by atoms with E-state index in [9.17, 15) is 18.0 Å². The first kappa shape index (κ1) is 26.7. The molecule has 1 saturated heterocycles. The van der Waals surface area contributed by atoms with Crippen molar-refractivity contribution in [3.8, 4) is 0 Å². The van der Waals surface area contributed by atoms with E-state index in [0.717, 1.165) is 68.9 Å². The van der Waals surface area contributed by atoms with Crippen LogP contribution in [0.4, 0.5) is 13.2 Å². The Balaban J connectivity index is 1.39. The maximum absolute atomic E-state index is 13.9. The molecule has 1 aromatic carbocycles. The summed E-state index contributed by atoms with van der Waals surface area (Å²) < 4.78 is 49.2. The lowest BCUT2D eigenvalue weighted by Gasteiger charge is -2.26. The lowest BCUT2D eigenvalue weighted by Crippen LogP contribution is -2.36. The number of H-pyrrole nitrogens is 1. The van der Waals surface area contributed by atoms with Gasteiger partial charge in [0.05, 0.1) is 18.8 Å². The highest BCUT2D eigenvalue weighted by atomic mass is 19.4. The number of morpholine rings is 1. The third kappa shape index (κ3) is 5.97. The van der Waals surface area contributed by atoms with Gasteiger partial charge in [-0.2, -0.15) is 13.2 Å². The van der Waals surface area contributed by atoms with Crippen LogP contribution in [-0.4, -0.2) is 47.3 Å². The van der Waals surface area contributed by atoms with Crippen molar-refractivity contribution in [2.24, 2.45) is 0 Å². The van der Waals surface area contributed by atoms with Crippen LogP contribution >= 0.6 is 0 Å². The molecular formula is C28H38F3N3O2. The van der Waals surface area contributed by atoms with Crippen molar-refractivity contribution in [1.29, 1.82) is 0 Å². The summed E-state index contributed by atoms with van der Waals surface area (Å²) in [7, 11) is 0. The van der Waals surface area contributed by atoms with Crippen LogP contribution in [-0.2, 0) is 23.9 Å². The molecule has 0 amide bonds. The van der Waals surface area contributed by atoms with E-state index in [-0.39, 0.29) is 10.9 Å². The number of aromatic nitrogens is 2. The van der Waals surface area contributed by atoms with Gasteiger partial charge in [-0.3, -0.25) is 9.69 Å². The van der Waals surface area contributed by atoms with Crippen molar-refractivity contribution in [1.82, 2.24) is 14.5 Å². The lowest BCUT2D eigenvalue weighted by molar-refractivity contribution is -0.136. The molecule has 0 aliphatic carbocycles. The first-order valence-electron chi connectivity index (χ1n) is 13.4. The molecule has 1 aliphatic rings. The quantitative estimate of drug-likeness (QED) is 0.305. The van der Waals surface area contributed by atoms with Crippen LogP contribution < -0.4 is 5.56 Å². The summed E-state index contributed by atoms with van der Waals surface area (Å²) in [6, 6.07) is 4.15. The number of unbranched alkanes of at least 4 members (excludes halogenated alkanes) is 6. The molecule has 1 aliphatic heterocycles. The first-order chi connectivity index (χ1) is 17.3. The van der Waals surface area contributed by atoms with Crippen molar-refractivity contribution in [2.75, 3.05) is 32.8 Å². The van der Waals surface area contributed by atoms with Crippen molar-refractivity contribution >= 4 is 21.8 Å². The third-order valence-electron chi connectivity index (χ3n) is 7.51. The minimum Gasteiger partial charge on any atom is -0.379 e. The number of hydrogen-bond acceptors (Lipinski definition) is 3. The fourth-order valence-corrected chi connectivity index (χ4v) is 5.69. The fraction of sp³-hybridized carbons (Fsp3) is 0.607. The summed E-state index contributed by atoms with van der Waals surface area (Å²) in [6.07, 6.45) is 4.42. The largest absolute Gasteiger partial charge is 0.417 e. The molecule has 0 saturated carbocycles. The minimum absolute atomic E-state index is 0.0997. The first-order valence-corrected chi connectivity index (χ1v) is 13.4. The zero-order chi connectivity index (χ0) is 25.7. The molecule has 0 radical (unpaired) electrons. The highest BCUT2D eigenvalue weighted by Gasteiger charge is 2.34. The second kappa shape index (κ2) is 11.8. The number of halogens is 3. The van der Waals surface area contributed by atoms with Gasteiger partial charge >= 0.3 is 6.18 Å². The van der Waals surface area contributed by atoms with Crippen molar-refractivity contribution in [3.05, 3.63) is 45.4 Å². The standard InChI is InChI=1S/C28H38F3N3O2/c1-3-23-20(2)26-24(12-11-22-27(26)21(28(29,30)31)19-25(35)32-22)34(23)14-10-8-6-4-5-7-9-13-33-15-17-36-18-16-33/h11-12,19H,3-10,13-18H2,1-2H3,(H,32,35). The molecule has 3 heterocycles. The maximum Gasteiger partial charge on any atom is 0.417 e. The molecule has 3 aromatic rings. The maximum atomic E-state index is 13.9. The van der Waals surface area contributed by atoms with Gasteiger partial charge in [-0.15, -0.1) is 0 Å². The van der Waals surface area contributed by atoms with Gasteiger partial charge in [-0.05, 0) is 50.4 Å². The average molecular weight is 506 g/mol. The average Bonchev–Trinajstić information content (AvgIpc) is 3.13. The van der Waals surface area contributed by atoms with E-state index in [2.05, 4.69) is 14.5 Å². The Labute approximate surface area is 210 Å². The van der Waals surface area contributed by atoms with E-state index in [0.29, 0.717) is 11.5 Å². The molecule has 1 fully saturated rings. The second-order valence-electron chi connectivity index (χ2n) is 9.93. The number of pyridine rings is 1. The molecule has 2 aromatic heterocycles. The molecule has 1 N–H and O–H groups in total. The molecule has 4 rings (SSSR count).